The van der Waals surface area contributed by atoms with Gasteiger partial charge >= 0.3 is 0 Å². The van der Waals surface area contributed by atoms with Crippen molar-refractivity contribution in [1.29, 1.82) is 0 Å². The van der Waals surface area contributed by atoms with Crippen molar-refractivity contribution < 1.29 is 69.6 Å². The normalized spacial score (nSPS) is 15.2. The molecule has 0 aliphatic carbocycles. The van der Waals surface area contributed by atoms with Crippen LogP contribution in [0.25, 0.3) is 41.4 Å². The molecule has 0 spiro atoms. The summed E-state index contributed by atoms with van der Waals surface area (Å²) in [6, 6.07) is 9.40. The third-order valence-corrected chi connectivity index (χ3v) is 17.1. The Bertz CT molecular complexity index is 4170. The smallest absolute Gasteiger partial charge is 0.231 e. The molecule has 6 aromatic rings. The van der Waals surface area contributed by atoms with Crippen LogP contribution in [-0.2, 0) is 38.5 Å². The predicted octanol–water partition coefficient (Wildman–Crippen LogP) is -8.81. The quantitative estimate of drug-likeness (QED) is 0.0568. The Hall–Kier alpha value is -6.56. The van der Waals surface area contributed by atoms with Crippen LogP contribution in [0.3, 0.4) is 0 Å². The van der Waals surface area contributed by atoms with Gasteiger partial charge in [-0.25, -0.2) is 20.0 Å². The summed E-state index contributed by atoms with van der Waals surface area (Å²) < 4.78 is 0. The monoisotopic (exact) mass is 1180 g/mol. The Morgan fingerprint density at radius 3 is 1.44 bits per heavy atom. The summed E-state index contributed by atoms with van der Waals surface area (Å²) in [7, 11) is 0. The molecule has 20 bridgehead atoms. The summed E-state index contributed by atoms with van der Waals surface area (Å²) in [5.74, 6) is 0. The Labute approximate surface area is 508 Å². The van der Waals surface area contributed by atoms with E-state index in [-0.39, 0.29) is 49.6 Å². The van der Waals surface area contributed by atoms with E-state index in [1.807, 2.05) is 0 Å². The van der Waals surface area contributed by atoms with Crippen LogP contribution >= 0.6 is 0 Å². The highest BCUT2D eigenvalue weighted by atomic mass is 35.5. The maximum Gasteiger partial charge on any atom is 0.231 e. The van der Waals surface area contributed by atoms with E-state index in [4.69, 9.17) is 0 Å². The highest BCUT2D eigenvalue weighted by Gasteiger charge is 2.33. The number of allylic oxidation sites excluding steroid dienone is 5. The van der Waals surface area contributed by atoms with E-state index in [1.54, 1.807) is 0 Å². The molecule has 0 amide bonds. The van der Waals surface area contributed by atoms with Gasteiger partial charge < -0.3 is 79.5 Å². The van der Waals surface area contributed by atoms with Crippen LogP contribution in [0.2, 0.25) is 0 Å². The van der Waals surface area contributed by atoms with Crippen molar-refractivity contribution in [3.8, 4) is 0 Å². The van der Waals surface area contributed by atoms with Crippen LogP contribution in [0, 0.1) is 13.8 Å². The van der Waals surface area contributed by atoms with Gasteiger partial charge in [0.2, 0.25) is 45.6 Å². The average molecular weight is 1180 g/mol. The second-order valence-corrected chi connectivity index (χ2v) is 22.1. The predicted molar refractivity (Wildman–Crippen MR) is 322 cm³/mol. The van der Waals surface area contributed by atoms with Gasteiger partial charge in [0.25, 0.3) is 0 Å². The molecule has 10 nitrogen and oxygen atoms in total. The van der Waals surface area contributed by atoms with E-state index in [9.17, 15) is 0 Å². The molecule has 0 saturated carbocycles. The van der Waals surface area contributed by atoms with Crippen LogP contribution < -0.4 is 102 Å². The third kappa shape index (κ3) is 11.5. The zero-order chi connectivity index (χ0) is 54.5. The molecule has 11 rings (SSSR count). The van der Waals surface area contributed by atoms with Gasteiger partial charge in [-0.05, 0) is 160 Å². The first kappa shape index (κ1) is 63.0. The molecular weight excluding hydrogens is 1100 g/mol. The number of halogens is 4. The standard InChI is InChI=1S/C68H78N10.4ClH/c1-13-21-41-29-61-49-25-26-50(69-49)62-30-42(22-14-2)54(72-62)34-59-47(19-7)39(11)67(77-59)68-40(12)48(20-8)60(78-68)36-56-44(24-16-4)32-64(74-56)52-28-27-51(70-52)63-31-43(23-15-3)55(73-63)35-58-46(18-6)38(10)66(76-58)65-37(9)45(17-5)57(75-65)33-53(41)71-61;;;;/h25-36,71-75,77H,13-24H2,1-12H3;4*1H. The van der Waals surface area contributed by atoms with Gasteiger partial charge in [0.05, 0.1) is 0 Å². The van der Waals surface area contributed by atoms with Crippen molar-refractivity contribution in [2.24, 2.45) is 0 Å². The van der Waals surface area contributed by atoms with Gasteiger partial charge in [-0.2, -0.15) is 0 Å². The fraction of sp³-hybridized carbons (Fsp3) is 0.353. The highest BCUT2D eigenvalue weighted by Crippen LogP contribution is 2.28. The molecule has 432 valence electrons. The SMILES string of the molecule is CCCc1cc2[nH]c1C=C1[NH+]=C(C(C)=C1CC)c1[nH]c(c(CC)c1C)C=c1[nH]c(cc1CCC)=C1C=CC(=[NH+]1)c1cc(CCC)c([nH]1)C=c1[nH]c(c(C)c1CC)=C1[NH+]=C(C=c3[nH]c(cc3CCC)=C3C=CC2=[NH+]3)C(CC)=C1C.[Cl-].[Cl-].[Cl-].[Cl-]. The summed E-state index contributed by atoms with van der Waals surface area (Å²) in [6.45, 7) is 27.3. The first-order chi connectivity index (χ1) is 37.9. The molecular formula is C68H82Cl4N10. The number of hydrogen-bond donors (Lipinski definition) is 10. The molecule has 0 aromatic carbocycles. The number of aryl methyl sites for hydroxylation is 4. The molecule has 0 atom stereocenters. The minimum atomic E-state index is 0. The third-order valence-electron chi connectivity index (χ3n) is 17.1. The van der Waals surface area contributed by atoms with Gasteiger partial charge in [0.1, 0.15) is 33.1 Å². The van der Waals surface area contributed by atoms with Gasteiger partial charge in [-0.3, -0.25) is 0 Å². The minimum absolute atomic E-state index is 0. The van der Waals surface area contributed by atoms with Gasteiger partial charge in [-0.1, -0.05) is 81.1 Å². The molecule has 0 unspecified atom stereocenters. The van der Waals surface area contributed by atoms with E-state index in [0.29, 0.717) is 0 Å². The number of H-pyrrole nitrogens is 6. The lowest BCUT2D eigenvalue weighted by Crippen LogP contribution is -3.00. The molecule has 14 heteroatoms. The molecule has 5 aliphatic rings. The zero-order valence-electron chi connectivity index (χ0n) is 49.9. The van der Waals surface area contributed by atoms with Crippen molar-refractivity contribution in [2.45, 2.75) is 160 Å². The fourth-order valence-corrected chi connectivity index (χ4v) is 13.0. The largest absolute Gasteiger partial charge is 1.00 e. The van der Waals surface area contributed by atoms with Gasteiger partial charge in [0, 0.05) is 91.9 Å². The van der Waals surface area contributed by atoms with Crippen LogP contribution in [0.4, 0.5) is 0 Å². The Morgan fingerprint density at radius 1 is 0.402 bits per heavy atom. The van der Waals surface area contributed by atoms with Crippen molar-refractivity contribution in [1.82, 2.24) is 29.9 Å². The number of nitrogens with one attached hydrogen (secondary N) is 10. The second-order valence-electron chi connectivity index (χ2n) is 22.1. The summed E-state index contributed by atoms with van der Waals surface area (Å²) in [4.78, 5) is 39.1. The summed E-state index contributed by atoms with van der Waals surface area (Å²) in [5.41, 5.74) is 31.5. The van der Waals surface area contributed by atoms with E-state index in [0.717, 1.165) is 189 Å². The Balaban J connectivity index is 0.00000242. The molecule has 11 heterocycles. The fourth-order valence-electron chi connectivity index (χ4n) is 13.0. The van der Waals surface area contributed by atoms with Gasteiger partial charge in [0.15, 0.2) is 0 Å². The maximum absolute atomic E-state index is 3.97. The van der Waals surface area contributed by atoms with Crippen LogP contribution in [-0.4, -0.2) is 52.8 Å². The number of fused-ring (bicyclic) bond motifs is 19. The van der Waals surface area contributed by atoms with Crippen molar-refractivity contribution >= 4 is 64.2 Å². The summed E-state index contributed by atoms with van der Waals surface area (Å²) in [6.07, 6.45) is 30.2. The van der Waals surface area contributed by atoms with Crippen molar-refractivity contribution in [2.75, 3.05) is 0 Å². The molecule has 0 radical (unpaired) electrons. The first-order valence-corrected chi connectivity index (χ1v) is 29.4. The zero-order valence-corrected chi connectivity index (χ0v) is 52.9. The van der Waals surface area contributed by atoms with Crippen LogP contribution in [0.5, 0.6) is 0 Å². The Morgan fingerprint density at radius 2 is 0.915 bits per heavy atom. The lowest BCUT2D eigenvalue weighted by molar-refractivity contribution is -0.386. The maximum atomic E-state index is 3.97. The summed E-state index contributed by atoms with van der Waals surface area (Å²) >= 11 is 0. The van der Waals surface area contributed by atoms with Crippen LogP contribution in [0.15, 0.2) is 76.6 Å². The lowest BCUT2D eigenvalue weighted by Gasteiger charge is -1.99. The minimum Gasteiger partial charge on any atom is -1.00 e. The molecule has 82 heavy (non-hydrogen) atoms. The summed E-state index contributed by atoms with van der Waals surface area (Å²) in [5, 5.41) is 6.80. The van der Waals surface area contributed by atoms with Crippen LogP contribution in [0.1, 0.15) is 186 Å². The van der Waals surface area contributed by atoms with E-state index < -0.39 is 0 Å². The average Bonchev–Trinajstić information content (AvgIpc) is 4.30. The number of hydrogen-bond acceptors (Lipinski definition) is 0. The number of aromatic nitrogens is 6. The first-order valence-electron chi connectivity index (χ1n) is 29.4. The molecule has 6 aromatic heterocycles. The Kier molecular flexibility index (Phi) is 20.3. The van der Waals surface area contributed by atoms with Crippen molar-refractivity contribution in [3.63, 3.8) is 0 Å². The molecule has 10 N–H and O–H groups in total. The second kappa shape index (κ2) is 26.3. The number of rotatable bonds is 12. The molecule has 0 saturated heterocycles. The highest BCUT2D eigenvalue weighted by molar-refractivity contribution is 6.20. The van der Waals surface area contributed by atoms with E-state index >= 15 is 0 Å². The van der Waals surface area contributed by atoms with Crippen molar-refractivity contribution in [3.05, 3.63) is 187 Å². The lowest BCUT2D eigenvalue weighted by atomic mass is 9.98. The van der Waals surface area contributed by atoms with E-state index in [2.05, 4.69) is 206 Å². The number of aromatic amines is 6. The topological polar surface area (TPSA) is 151 Å². The van der Waals surface area contributed by atoms with E-state index in [1.165, 1.54) is 66.8 Å². The molecule has 0 fully saturated rings. The van der Waals surface area contributed by atoms with Gasteiger partial charge in [-0.15, -0.1) is 0 Å². The molecule has 5 aliphatic heterocycles.